The van der Waals surface area contributed by atoms with Crippen molar-refractivity contribution in [3.8, 4) is 22.8 Å². The number of nitrogens with zero attached hydrogens (tertiary/aromatic N) is 1. The average Bonchev–Trinajstić information content (AvgIpc) is 2.95. The van der Waals surface area contributed by atoms with Crippen LogP contribution in [0.3, 0.4) is 0 Å². The summed E-state index contributed by atoms with van der Waals surface area (Å²) >= 11 is 0. The number of hydrogen-bond donors (Lipinski definition) is 2. The molecule has 1 aromatic heterocycles. The van der Waals surface area contributed by atoms with Crippen LogP contribution in [0.25, 0.3) is 11.3 Å². The maximum Gasteiger partial charge on any atom is 0.131 e. The van der Waals surface area contributed by atoms with Gasteiger partial charge in [-0.05, 0) is 31.5 Å². The third kappa shape index (κ3) is 3.30. The van der Waals surface area contributed by atoms with Gasteiger partial charge in [-0.1, -0.05) is 0 Å². The highest BCUT2D eigenvalue weighted by atomic mass is 16.5. The average molecular weight is 275 g/mol. The SMILES string of the molecule is COc1ccc(-c2cnc(CCCCN)[nH]2)c(OC)c1. The molecule has 0 bridgehead atoms. The Morgan fingerprint density at radius 3 is 2.75 bits per heavy atom. The van der Waals surface area contributed by atoms with Gasteiger partial charge in [0, 0.05) is 18.1 Å². The second kappa shape index (κ2) is 6.96. The largest absolute Gasteiger partial charge is 0.497 e. The highest BCUT2D eigenvalue weighted by Gasteiger charge is 2.10. The van der Waals surface area contributed by atoms with E-state index >= 15 is 0 Å². The third-order valence-corrected chi connectivity index (χ3v) is 3.20. The predicted octanol–water partition coefficient (Wildman–Crippen LogP) is 2.38. The first-order valence-electron chi connectivity index (χ1n) is 6.75. The molecular formula is C15H21N3O2. The maximum atomic E-state index is 5.50. The van der Waals surface area contributed by atoms with Crippen molar-refractivity contribution >= 4 is 0 Å². The van der Waals surface area contributed by atoms with Crippen molar-refractivity contribution < 1.29 is 9.47 Å². The number of unbranched alkanes of at least 4 members (excludes halogenated alkanes) is 1. The van der Waals surface area contributed by atoms with Crippen LogP contribution in [0.2, 0.25) is 0 Å². The molecule has 5 nitrogen and oxygen atoms in total. The summed E-state index contributed by atoms with van der Waals surface area (Å²) in [5.41, 5.74) is 7.42. The number of hydrogen-bond acceptors (Lipinski definition) is 4. The summed E-state index contributed by atoms with van der Waals surface area (Å²) in [6.07, 6.45) is 4.81. The van der Waals surface area contributed by atoms with Crippen LogP contribution in [-0.4, -0.2) is 30.7 Å². The monoisotopic (exact) mass is 275 g/mol. The molecular weight excluding hydrogens is 254 g/mol. The van der Waals surface area contributed by atoms with Crippen molar-refractivity contribution in [3.05, 3.63) is 30.2 Å². The number of aromatic amines is 1. The van der Waals surface area contributed by atoms with Crippen molar-refractivity contribution in [3.63, 3.8) is 0 Å². The van der Waals surface area contributed by atoms with E-state index in [4.69, 9.17) is 15.2 Å². The van der Waals surface area contributed by atoms with E-state index in [2.05, 4.69) is 9.97 Å². The number of nitrogens with two attached hydrogens (primary N) is 1. The lowest BCUT2D eigenvalue weighted by Crippen LogP contribution is -1.99. The fraction of sp³-hybridized carbons (Fsp3) is 0.400. The third-order valence-electron chi connectivity index (χ3n) is 3.20. The molecule has 0 atom stereocenters. The molecule has 2 aromatic rings. The summed E-state index contributed by atoms with van der Waals surface area (Å²) < 4.78 is 10.6. The van der Waals surface area contributed by atoms with E-state index < -0.39 is 0 Å². The Balaban J connectivity index is 2.18. The van der Waals surface area contributed by atoms with E-state index in [1.54, 1.807) is 14.2 Å². The van der Waals surface area contributed by atoms with Crippen LogP contribution >= 0.6 is 0 Å². The van der Waals surface area contributed by atoms with Crippen molar-refractivity contribution in [1.82, 2.24) is 9.97 Å². The quantitative estimate of drug-likeness (QED) is 0.761. The summed E-state index contributed by atoms with van der Waals surface area (Å²) in [7, 11) is 3.29. The molecule has 0 spiro atoms. The Hall–Kier alpha value is -2.01. The minimum absolute atomic E-state index is 0.722. The number of H-pyrrole nitrogens is 1. The minimum Gasteiger partial charge on any atom is -0.497 e. The Kier molecular flexibility index (Phi) is 5.01. The molecule has 0 saturated heterocycles. The second-order valence-electron chi connectivity index (χ2n) is 4.56. The molecule has 3 N–H and O–H groups in total. The minimum atomic E-state index is 0.722. The lowest BCUT2D eigenvalue weighted by Gasteiger charge is -2.08. The van der Waals surface area contributed by atoms with Gasteiger partial charge in [-0.3, -0.25) is 0 Å². The van der Waals surface area contributed by atoms with Gasteiger partial charge < -0.3 is 20.2 Å². The zero-order valence-electron chi connectivity index (χ0n) is 12.0. The number of methoxy groups -OCH3 is 2. The number of benzene rings is 1. The molecule has 0 fully saturated rings. The Labute approximate surface area is 119 Å². The molecule has 0 unspecified atom stereocenters. The molecule has 2 rings (SSSR count). The van der Waals surface area contributed by atoms with Crippen LogP contribution in [-0.2, 0) is 6.42 Å². The van der Waals surface area contributed by atoms with Crippen LogP contribution in [0.5, 0.6) is 11.5 Å². The van der Waals surface area contributed by atoms with Gasteiger partial charge in [0.1, 0.15) is 17.3 Å². The second-order valence-corrected chi connectivity index (χ2v) is 4.56. The normalized spacial score (nSPS) is 10.6. The van der Waals surface area contributed by atoms with Crippen molar-refractivity contribution in [2.24, 2.45) is 5.73 Å². The standard InChI is InChI=1S/C15H21N3O2/c1-19-11-6-7-12(14(9-11)20-2)13-10-17-15(18-13)5-3-4-8-16/h6-7,9-10H,3-5,8,16H2,1-2H3,(H,17,18). The fourth-order valence-corrected chi connectivity index (χ4v) is 2.08. The van der Waals surface area contributed by atoms with Crippen molar-refractivity contribution in [2.75, 3.05) is 20.8 Å². The molecule has 1 aromatic carbocycles. The molecule has 0 aliphatic rings. The van der Waals surface area contributed by atoms with Crippen molar-refractivity contribution in [1.29, 1.82) is 0 Å². The lowest BCUT2D eigenvalue weighted by molar-refractivity contribution is 0.395. The number of nitrogens with one attached hydrogen (secondary N) is 1. The van der Waals surface area contributed by atoms with E-state index in [1.807, 2.05) is 24.4 Å². The first-order valence-corrected chi connectivity index (χ1v) is 6.75. The van der Waals surface area contributed by atoms with Gasteiger partial charge in [0.05, 0.1) is 26.1 Å². The molecule has 0 aliphatic heterocycles. The van der Waals surface area contributed by atoms with Crippen LogP contribution in [0.1, 0.15) is 18.7 Å². The topological polar surface area (TPSA) is 73.2 Å². The van der Waals surface area contributed by atoms with Gasteiger partial charge >= 0.3 is 0 Å². The smallest absolute Gasteiger partial charge is 0.131 e. The lowest BCUT2D eigenvalue weighted by atomic mass is 10.1. The van der Waals surface area contributed by atoms with E-state index in [0.29, 0.717) is 0 Å². The molecule has 5 heteroatoms. The number of ether oxygens (including phenoxy) is 2. The van der Waals surface area contributed by atoms with Gasteiger partial charge in [0.2, 0.25) is 0 Å². The first kappa shape index (κ1) is 14.4. The zero-order chi connectivity index (χ0) is 14.4. The number of aryl methyl sites for hydroxylation is 1. The summed E-state index contributed by atoms with van der Waals surface area (Å²) in [5.74, 6) is 2.51. The highest BCUT2D eigenvalue weighted by Crippen LogP contribution is 2.32. The Morgan fingerprint density at radius 1 is 1.20 bits per heavy atom. The highest BCUT2D eigenvalue weighted by molar-refractivity contribution is 5.68. The van der Waals surface area contributed by atoms with E-state index in [-0.39, 0.29) is 0 Å². The van der Waals surface area contributed by atoms with E-state index in [1.165, 1.54) is 0 Å². The summed E-state index contributed by atoms with van der Waals surface area (Å²) in [6, 6.07) is 5.74. The van der Waals surface area contributed by atoms with Crippen LogP contribution < -0.4 is 15.2 Å². The van der Waals surface area contributed by atoms with Crippen LogP contribution in [0.4, 0.5) is 0 Å². The molecule has 0 amide bonds. The summed E-state index contributed by atoms with van der Waals surface area (Å²) in [5, 5.41) is 0. The summed E-state index contributed by atoms with van der Waals surface area (Å²) in [4.78, 5) is 7.73. The summed E-state index contributed by atoms with van der Waals surface area (Å²) in [6.45, 7) is 0.722. The maximum absolute atomic E-state index is 5.50. The van der Waals surface area contributed by atoms with Crippen LogP contribution in [0, 0.1) is 0 Å². The molecule has 0 radical (unpaired) electrons. The molecule has 0 saturated carbocycles. The fourth-order valence-electron chi connectivity index (χ4n) is 2.08. The number of imidazole rings is 1. The van der Waals surface area contributed by atoms with E-state index in [9.17, 15) is 0 Å². The van der Waals surface area contributed by atoms with Crippen LogP contribution in [0.15, 0.2) is 24.4 Å². The molecule has 1 heterocycles. The van der Waals surface area contributed by atoms with Gasteiger partial charge in [0.15, 0.2) is 0 Å². The number of aromatic nitrogens is 2. The molecule has 0 aliphatic carbocycles. The van der Waals surface area contributed by atoms with Gasteiger partial charge in [-0.25, -0.2) is 4.98 Å². The predicted molar refractivity (Wildman–Crippen MR) is 79.1 cm³/mol. The van der Waals surface area contributed by atoms with Crippen molar-refractivity contribution in [2.45, 2.75) is 19.3 Å². The Morgan fingerprint density at radius 2 is 2.05 bits per heavy atom. The van der Waals surface area contributed by atoms with E-state index in [0.717, 1.165) is 54.4 Å². The van der Waals surface area contributed by atoms with Gasteiger partial charge in [-0.2, -0.15) is 0 Å². The zero-order valence-corrected chi connectivity index (χ0v) is 12.0. The van der Waals surface area contributed by atoms with Gasteiger partial charge in [-0.15, -0.1) is 0 Å². The molecule has 20 heavy (non-hydrogen) atoms. The number of rotatable bonds is 7. The first-order chi connectivity index (χ1) is 9.78. The molecule has 108 valence electrons. The van der Waals surface area contributed by atoms with Gasteiger partial charge in [0.25, 0.3) is 0 Å². The Bertz CT molecular complexity index is 552.